The number of rotatable bonds is 4. The van der Waals surface area contributed by atoms with Crippen LogP contribution < -0.4 is 5.32 Å². The summed E-state index contributed by atoms with van der Waals surface area (Å²) in [5.74, 6) is 0. The van der Waals surface area contributed by atoms with E-state index in [0.717, 1.165) is 39.3 Å². The van der Waals surface area contributed by atoms with Gasteiger partial charge < -0.3 is 15.0 Å². The summed E-state index contributed by atoms with van der Waals surface area (Å²) in [5.41, 5.74) is 0. The van der Waals surface area contributed by atoms with Crippen molar-refractivity contribution in [2.75, 3.05) is 32.8 Å². The van der Waals surface area contributed by atoms with Gasteiger partial charge in [0.15, 0.2) is 0 Å². The van der Waals surface area contributed by atoms with Crippen molar-refractivity contribution in [2.24, 2.45) is 0 Å². The van der Waals surface area contributed by atoms with Crippen molar-refractivity contribution in [3.63, 3.8) is 0 Å². The first-order chi connectivity index (χ1) is 11.1. The molecule has 8 nitrogen and oxygen atoms in total. The van der Waals surface area contributed by atoms with Gasteiger partial charge in [-0.25, -0.2) is 9.78 Å². The Morgan fingerprint density at radius 2 is 2.22 bits per heavy atom. The van der Waals surface area contributed by atoms with Crippen molar-refractivity contribution in [3.8, 4) is 0 Å². The number of carbonyl (C=O) groups excluding carboxylic acids is 1. The van der Waals surface area contributed by atoms with Crippen LogP contribution in [0.3, 0.4) is 0 Å². The van der Waals surface area contributed by atoms with Crippen molar-refractivity contribution in [3.05, 3.63) is 12.7 Å². The van der Waals surface area contributed by atoms with Gasteiger partial charge in [0, 0.05) is 37.8 Å². The molecule has 0 aromatic carbocycles. The highest BCUT2D eigenvalue weighted by molar-refractivity contribution is 5.75. The van der Waals surface area contributed by atoms with Crippen molar-refractivity contribution in [1.29, 1.82) is 0 Å². The molecule has 2 fully saturated rings. The van der Waals surface area contributed by atoms with Crippen molar-refractivity contribution in [1.82, 2.24) is 29.9 Å². The van der Waals surface area contributed by atoms with Gasteiger partial charge in [0.1, 0.15) is 12.7 Å². The Kier molecular flexibility index (Phi) is 5.12. The number of hydrogen-bond acceptors (Lipinski definition) is 5. The van der Waals surface area contributed by atoms with Crippen LogP contribution in [0.4, 0.5) is 4.79 Å². The number of nitrogens with one attached hydrogen (secondary N) is 1. The first-order valence-electron chi connectivity index (χ1n) is 8.35. The number of ether oxygens (including phenoxy) is 1. The fourth-order valence-electron chi connectivity index (χ4n) is 3.44. The highest BCUT2D eigenvalue weighted by Crippen LogP contribution is 2.22. The summed E-state index contributed by atoms with van der Waals surface area (Å²) in [4.78, 5) is 20.9. The molecular weight excluding hydrogens is 296 g/mol. The molecule has 3 atom stereocenters. The number of morpholine rings is 1. The number of likely N-dealkylation sites (tertiary alicyclic amines) is 1. The maximum atomic E-state index is 12.5. The molecule has 23 heavy (non-hydrogen) atoms. The second-order valence-electron chi connectivity index (χ2n) is 6.51. The van der Waals surface area contributed by atoms with E-state index in [9.17, 15) is 4.79 Å². The molecule has 2 amide bonds. The zero-order valence-corrected chi connectivity index (χ0v) is 13.9. The molecule has 3 rings (SSSR count). The Morgan fingerprint density at radius 1 is 1.43 bits per heavy atom. The molecule has 3 heterocycles. The SMILES string of the molecule is CC(Cn1cncn1)NC(=O)N1CC(N2CCOCC2)CC1C. The molecule has 2 aliphatic rings. The van der Waals surface area contributed by atoms with Gasteiger partial charge in [-0.2, -0.15) is 5.10 Å². The maximum Gasteiger partial charge on any atom is 0.317 e. The van der Waals surface area contributed by atoms with Gasteiger partial charge in [-0.1, -0.05) is 0 Å². The number of urea groups is 1. The normalized spacial score (nSPS) is 27.1. The average Bonchev–Trinajstić information content (AvgIpc) is 3.17. The van der Waals surface area contributed by atoms with E-state index in [1.54, 1.807) is 11.0 Å². The van der Waals surface area contributed by atoms with Crippen LogP contribution in [0.25, 0.3) is 0 Å². The van der Waals surface area contributed by atoms with E-state index in [0.29, 0.717) is 12.6 Å². The zero-order valence-electron chi connectivity index (χ0n) is 13.9. The lowest BCUT2D eigenvalue weighted by Gasteiger charge is -2.32. The number of aromatic nitrogens is 3. The number of nitrogens with zero attached hydrogens (tertiary/aromatic N) is 5. The van der Waals surface area contributed by atoms with Crippen LogP contribution in [-0.2, 0) is 11.3 Å². The summed E-state index contributed by atoms with van der Waals surface area (Å²) in [5, 5.41) is 7.14. The predicted octanol–water partition coefficient (Wildman–Crippen LogP) is 0.171. The van der Waals surface area contributed by atoms with E-state index in [1.807, 2.05) is 11.8 Å². The van der Waals surface area contributed by atoms with E-state index >= 15 is 0 Å². The monoisotopic (exact) mass is 322 g/mol. The Bertz CT molecular complexity index is 502. The molecule has 0 saturated carbocycles. The molecule has 0 aliphatic carbocycles. The van der Waals surface area contributed by atoms with Crippen LogP contribution in [0, 0.1) is 0 Å². The lowest BCUT2D eigenvalue weighted by atomic mass is 10.1. The van der Waals surface area contributed by atoms with Gasteiger partial charge >= 0.3 is 6.03 Å². The van der Waals surface area contributed by atoms with E-state index in [-0.39, 0.29) is 18.1 Å². The van der Waals surface area contributed by atoms with Crippen molar-refractivity contribution < 1.29 is 9.53 Å². The van der Waals surface area contributed by atoms with Gasteiger partial charge in [-0.15, -0.1) is 0 Å². The third kappa shape index (κ3) is 4.00. The van der Waals surface area contributed by atoms with Crippen LogP contribution in [0.15, 0.2) is 12.7 Å². The van der Waals surface area contributed by atoms with Gasteiger partial charge in [-0.3, -0.25) is 9.58 Å². The minimum Gasteiger partial charge on any atom is -0.379 e. The summed E-state index contributed by atoms with van der Waals surface area (Å²) in [6, 6.07) is 0.742. The molecule has 3 unspecified atom stereocenters. The van der Waals surface area contributed by atoms with Crippen molar-refractivity contribution in [2.45, 2.75) is 44.9 Å². The van der Waals surface area contributed by atoms with Crippen molar-refractivity contribution >= 4 is 6.03 Å². The van der Waals surface area contributed by atoms with Crippen LogP contribution in [0.1, 0.15) is 20.3 Å². The fourth-order valence-corrected chi connectivity index (χ4v) is 3.44. The molecule has 1 aromatic heterocycles. The van der Waals surface area contributed by atoms with Crippen LogP contribution in [-0.4, -0.2) is 81.6 Å². The Labute approximate surface area is 136 Å². The minimum atomic E-state index is 0.0128. The van der Waals surface area contributed by atoms with E-state index in [1.165, 1.54) is 6.33 Å². The third-order valence-electron chi connectivity index (χ3n) is 4.67. The quantitative estimate of drug-likeness (QED) is 0.855. The number of amides is 2. The van der Waals surface area contributed by atoms with Gasteiger partial charge in [0.05, 0.1) is 19.8 Å². The Morgan fingerprint density at radius 3 is 2.91 bits per heavy atom. The van der Waals surface area contributed by atoms with Gasteiger partial charge in [-0.05, 0) is 20.3 Å². The van der Waals surface area contributed by atoms with E-state index < -0.39 is 0 Å². The summed E-state index contributed by atoms with van der Waals surface area (Å²) < 4.78 is 7.15. The standard InChI is InChI=1S/C15H26N6O2/c1-12(8-20-11-16-10-17-20)18-15(22)21-9-14(7-13(21)2)19-3-5-23-6-4-19/h10-14H,3-9H2,1-2H3,(H,18,22). The third-order valence-corrected chi connectivity index (χ3v) is 4.67. The van der Waals surface area contributed by atoms with Gasteiger partial charge in [0.2, 0.25) is 0 Å². The fraction of sp³-hybridized carbons (Fsp3) is 0.800. The zero-order chi connectivity index (χ0) is 16.2. The molecule has 2 aliphatic heterocycles. The summed E-state index contributed by atoms with van der Waals surface area (Å²) in [7, 11) is 0. The molecule has 8 heteroatoms. The first kappa shape index (κ1) is 16.2. The van der Waals surface area contributed by atoms with Gasteiger partial charge in [0.25, 0.3) is 0 Å². The lowest BCUT2D eigenvalue weighted by molar-refractivity contribution is 0.0190. The first-order valence-corrected chi connectivity index (χ1v) is 8.35. The second kappa shape index (κ2) is 7.27. The maximum absolute atomic E-state index is 12.5. The van der Waals surface area contributed by atoms with Crippen LogP contribution >= 0.6 is 0 Å². The number of hydrogen-bond donors (Lipinski definition) is 1. The Balaban J connectivity index is 1.50. The molecule has 128 valence electrons. The molecular formula is C15H26N6O2. The summed E-state index contributed by atoms with van der Waals surface area (Å²) >= 11 is 0. The highest BCUT2D eigenvalue weighted by atomic mass is 16.5. The van der Waals surface area contributed by atoms with E-state index in [2.05, 4.69) is 27.2 Å². The van der Waals surface area contributed by atoms with Crippen LogP contribution in [0.5, 0.6) is 0 Å². The molecule has 2 saturated heterocycles. The molecule has 1 aromatic rings. The summed E-state index contributed by atoms with van der Waals surface area (Å²) in [6.07, 6.45) is 4.20. The van der Waals surface area contributed by atoms with E-state index in [4.69, 9.17) is 4.74 Å². The largest absolute Gasteiger partial charge is 0.379 e. The molecule has 1 N–H and O–H groups in total. The predicted molar refractivity (Wildman–Crippen MR) is 85.0 cm³/mol. The minimum absolute atomic E-state index is 0.0128. The highest BCUT2D eigenvalue weighted by Gasteiger charge is 2.36. The average molecular weight is 322 g/mol. The van der Waals surface area contributed by atoms with Crippen LogP contribution in [0.2, 0.25) is 0 Å². The smallest absolute Gasteiger partial charge is 0.317 e. The topological polar surface area (TPSA) is 75.5 Å². The molecule has 0 bridgehead atoms. The molecule has 0 spiro atoms. The Hall–Kier alpha value is -1.67. The molecule has 0 radical (unpaired) electrons. The number of carbonyl (C=O) groups is 1. The summed E-state index contributed by atoms with van der Waals surface area (Å²) in [6.45, 7) is 9.06. The lowest BCUT2D eigenvalue weighted by Crippen LogP contribution is -2.48. The second-order valence-corrected chi connectivity index (χ2v) is 6.51.